The molecule has 2 aromatic rings. The maximum Gasteiger partial charge on any atom is 0.417 e. The Hall–Kier alpha value is -1.73. The van der Waals surface area contributed by atoms with Crippen molar-refractivity contribution in [2.24, 2.45) is 0 Å². The molecule has 0 bridgehead atoms. The van der Waals surface area contributed by atoms with E-state index >= 15 is 0 Å². The molecule has 0 aliphatic carbocycles. The Morgan fingerprint density at radius 3 is 2.14 bits per heavy atom. The topological polar surface area (TPSA) is 52.2 Å². The van der Waals surface area contributed by atoms with E-state index in [1.807, 2.05) is 0 Å². The minimum atomic E-state index is -5.18. The van der Waals surface area contributed by atoms with Crippen LogP contribution in [0.25, 0.3) is 5.83 Å². The number of allylic oxidation sites excluding steroid dienone is 1. The molecule has 0 fully saturated rings. The molecule has 204 valence electrons. The monoisotopic (exact) mass is 615 g/mol. The second-order valence-corrected chi connectivity index (χ2v) is 10.3. The fourth-order valence-corrected chi connectivity index (χ4v) is 4.38. The van der Waals surface area contributed by atoms with Crippen molar-refractivity contribution < 1.29 is 44.5 Å². The highest BCUT2D eigenvalue weighted by Crippen LogP contribution is 2.42. The number of hydrogen-bond donors (Lipinski definition) is 1. The van der Waals surface area contributed by atoms with Crippen LogP contribution in [0.3, 0.4) is 0 Å². The van der Waals surface area contributed by atoms with Gasteiger partial charge < -0.3 is 9.87 Å². The van der Waals surface area contributed by atoms with Gasteiger partial charge in [0, 0.05) is 5.56 Å². The molecule has 0 aromatic heterocycles. The molecule has 0 spiro atoms. The molecule has 2 atom stereocenters. The first-order chi connectivity index (χ1) is 17.1. The first-order valence-corrected chi connectivity index (χ1v) is 12.7. The van der Waals surface area contributed by atoms with Crippen molar-refractivity contribution in [3.8, 4) is 0 Å². The number of benzene rings is 2. The molecule has 3 nitrogen and oxygen atoms in total. The van der Waals surface area contributed by atoms with Crippen LogP contribution >= 0.6 is 34.8 Å². The molecule has 15 heteroatoms. The predicted molar refractivity (Wildman–Crippen MR) is 127 cm³/mol. The minimum Gasteiger partial charge on any atom is -0.616 e. The maximum atomic E-state index is 14.9. The van der Waals surface area contributed by atoms with Gasteiger partial charge in [0.1, 0.15) is 29.9 Å². The number of hydrogen-bond acceptors (Lipinski definition) is 2. The van der Waals surface area contributed by atoms with E-state index in [1.54, 1.807) is 0 Å². The third-order valence-corrected chi connectivity index (χ3v) is 7.26. The lowest BCUT2D eigenvalue weighted by molar-refractivity contribution is -0.140. The largest absolute Gasteiger partial charge is 0.616 e. The Balaban J connectivity index is 2.44. The minimum absolute atomic E-state index is 0.0469. The van der Waals surface area contributed by atoms with Gasteiger partial charge in [0.25, 0.3) is 5.91 Å². The van der Waals surface area contributed by atoms with Crippen molar-refractivity contribution in [1.29, 1.82) is 0 Å². The summed E-state index contributed by atoms with van der Waals surface area (Å²) in [5, 5.41) is 1.15. The van der Waals surface area contributed by atoms with Gasteiger partial charge in [-0.1, -0.05) is 40.9 Å². The molecule has 0 radical (unpaired) electrons. The first-order valence-electron chi connectivity index (χ1n) is 10.1. The molecular weight excluding hydrogens is 601 g/mol. The fraction of sp³-hybridized carbons (Fsp3) is 0.318. The summed E-state index contributed by atoms with van der Waals surface area (Å²) in [4.78, 5) is 12.2. The summed E-state index contributed by atoms with van der Waals surface area (Å²) in [7, 11) is 0. The Kier molecular flexibility index (Phi) is 11.0. The third kappa shape index (κ3) is 8.64. The van der Waals surface area contributed by atoms with E-state index in [1.165, 1.54) is 0 Å². The van der Waals surface area contributed by atoms with Gasteiger partial charge in [-0.2, -0.15) is 26.3 Å². The molecule has 2 rings (SSSR count). The normalized spacial score (nSPS) is 14.4. The van der Waals surface area contributed by atoms with Crippen molar-refractivity contribution in [3.05, 3.63) is 73.7 Å². The quantitative estimate of drug-likeness (QED) is 0.178. The second kappa shape index (κ2) is 12.9. The lowest BCUT2D eigenvalue weighted by Gasteiger charge is -2.19. The molecule has 0 saturated carbocycles. The summed E-state index contributed by atoms with van der Waals surface area (Å²) in [5.74, 6) is -6.09. The molecule has 1 amide bonds. The van der Waals surface area contributed by atoms with E-state index in [4.69, 9.17) is 34.8 Å². The highest BCUT2D eigenvalue weighted by atomic mass is 35.5. The van der Waals surface area contributed by atoms with Gasteiger partial charge in [0.15, 0.2) is 0 Å². The average molecular weight is 617 g/mol. The van der Waals surface area contributed by atoms with Gasteiger partial charge in [-0.05, 0) is 47.1 Å². The van der Waals surface area contributed by atoms with Crippen LogP contribution in [0.15, 0.2) is 36.4 Å². The van der Waals surface area contributed by atoms with Crippen molar-refractivity contribution in [2.45, 2.75) is 18.3 Å². The van der Waals surface area contributed by atoms with Crippen molar-refractivity contribution >= 4 is 57.7 Å². The first kappa shape index (κ1) is 31.5. The highest BCUT2D eigenvalue weighted by Gasteiger charge is 2.41. The van der Waals surface area contributed by atoms with Crippen LogP contribution in [0, 0.1) is 0 Å². The third-order valence-electron chi connectivity index (χ3n) is 4.80. The lowest BCUT2D eigenvalue weighted by Crippen LogP contribution is -2.31. The molecule has 0 heterocycles. The van der Waals surface area contributed by atoms with Crippen molar-refractivity contribution in [2.75, 3.05) is 24.7 Å². The SMILES string of the molecule is O=C(NCC[S+]([O-])CCF)c1ccc(/C(F)=C/C(c2cc(Cl)c(Cl)c(Cl)c2)C(F)(F)F)cc1C(F)(F)F. The van der Waals surface area contributed by atoms with E-state index in [-0.39, 0.29) is 45.3 Å². The number of carbonyl (C=O) groups is 1. The summed E-state index contributed by atoms with van der Waals surface area (Å²) in [6, 6.07) is 3.08. The number of halogens is 11. The summed E-state index contributed by atoms with van der Waals surface area (Å²) in [5.41, 5.74) is -4.05. The molecule has 37 heavy (non-hydrogen) atoms. The molecule has 0 aliphatic heterocycles. The van der Waals surface area contributed by atoms with Crippen LogP contribution < -0.4 is 5.32 Å². The Morgan fingerprint density at radius 1 is 1.03 bits per heavy atom. The summed E-state index contributed by atoms with van der Waals surface area (Å²) in [6.07, 6.45) is -10.2. The molecule has 1 N–H and O–H groups in total. The zero-order valence-corrected chi connectivity index (χ0v) is 21.3. The highest BCUT2D eigenvalue weighted by molar-refractivity contribution is 7.91. The average Bonchev–Trinajstić information content (AvgIpc) is 2.78. The van der Waals surface area contributed by atoms with Gasteiger partial charge in [0.2, 0.25) is 0 Å². The summed E-state index contributed by atoms with van der Waals surface area (Å²) in [6.45, 7) is -1.22. The van der Waals surface area contributed by atoms with Crippen LogP contribution in [0.1, 0.15) is 33.0 Å². The van der Waals surface area contributed by atoms with Gasteiger partial charge in [-0.15, -0.1) is 0 Å². The van der Waals surface area contributed by atoms with Crippen molar-refractivity contribution in [3.63, 3.8) is 0 Å². The van der Waals surface area contributed by atoms with Gasteiger partial charge in [-0.25, -0.2) is 8.78 Å². The summed E-state index contributed by atoms with van der Waals surface area (Å²) < 4.78 is 120. The van der Waals surface area contributed by atoms with E-state index in [0.717, 1.165) is 12.1 Å². The Labute approximate surface area is 223 Å². The van der Waals surface area contributed by atoms with E-state index in [2.05, 4.69) is 5.32 Å². The van der Waals surface area contributed by atoms with Crippen LogP contribution in [-0.4, -0.2) is 41.4 Å². The van der Waals surface area contributed by atoms with Crippen LogP contribution in [0.4, 0.5) is 35.1 Å². The lowest BCUT2D eigenvalue weighted by atomic mass is 9.95. The zero-order valence-electron chi connectivity index (χ0n) is 18.3. The number of alkyl halides is 7. The molecule has 0 aliphatic rings. The van der Waals surface area contributed by atoms with E-state index in [9.17, 15) is 44.5 Å². The Morgan fingerprint density at radius 2 is 1.62 bits per heavy atom. The number of nitrogens with one attached hydrogen (secondary N) is 1. The number of amides is 1. The molecule has 0 saturated heterocycles. The molecular formula is C22H16Cl3F8NO2S. The van der Waals surface area contributed by atoms with Crippen LogP contribution in [-0.2, 0) is 17.4 Å². The van der Waals surface area contributed by atoms with Gasteiger partial charge in [0.05, 0.1) is 32.7 Å². The molecule has 2 unspecified atom stereocenters. The number of rotatable bonds is 9. The molecule has 2 aromatic carbocycles. The maximum absolute atomic E-state index is 14.9. The van der Waals surface area contributed by atoms with Crippen molar-refractivity contribution in [1.82, 2.24) is 5.32 Å². The second-order valence-electron chi connectivity index (χ2n) is 7.38. The van der Waals surface area contributed by atoms with E-state index in [0.29, 0.717) is 12.1 Å². The van der Waals surface area contributed by atoms with Crippen LogP contribution in [0.2, 0.25) is 15.1 Å². The summed E-state index contributed by atoms with van der Waals surface area (Å²) >= 11 is 15.6. The smallest absolute Gasteiger partial charge is 0.417 e. The zero-order chi connectivity index (χ0) is 28.1. The predicted octanol–water partition coefficient (Wildman–Crippen LogP) is 7.77. The van der Waals surface area contributed by atoms with Crippen LogP contribution in [0.5, 0.6) is 0 Å². The van der Waals surface area contributed by atoms with Gasteiger partial charge >= 0.3 is 12.4 Å². The standard InChI is InChI=1S/C22H16Cl3F8NO2S/c23-16-8-12(9-17(24)19(16)25)14(21(28,29)30)10-18(27)11-1-2-13(15(7-11)22(31,32)33)20(35)34-4-6-37(36)5-3-26/h1-2,7-10,14H,3-6H2,(H,34,35)/b18-10-. The number of carbonyl (C=O) groups excluding carboxylic acids is 1. The van der Waals surface area contributed by atoms with E-state index < -0.39 is 70.1 Å². The van der Waals surface area contributed by atoms with Gasteiger partial charge in [-0.3, -0.25) is 4.79 Å². The Bertz CT molecular complexity index is 1130. The fourth-order valence-electron chi connectivity index (χ4n) is 3.06.